The third-order valence-electron chi connectivity index (χ3n) is 2.55. The highest BCUT2D eigenvalue weighted by Crippen LogP contribution is 2.33. The lowest BCUT2D eigenvalue weighted by molar-refractivity contribution is 0.371. The van der Waals surface area contributed by atoms with E-state index >= 15 is 0 Å². The number of rotatable bonds is 3. The minimum Gasteiger partial charge on any atom is -0.504 e. The third kappa shape index (κ3) is 3.11. The summed E-state index contributed by atoms with van der Waals surface area (Å²) in [6, 6.07) is 5.63. The molecule has 0 aliphatic carbocycles. The molecule has 1 N–H and O–H groups in total. The van der Waals surface area contributed by atoms with Crippen LogP contribution < -0.4 is 4.74 Å². The van der Waals surface area contributed by atoms with Crippen molar-refractivity contribution in [3.05, 3.63) is 37.3 Å². The van der Waals surface area contributed by atoms with Crippen LogP contribution in [0.15, 0.2) is 17.5 Å². The quantitative estimate of drug-likeness (QED) is 0.631. The lowest BCUT2D eigenvalue weighted by Crippen LogP contribution is -1.88. The van der Waals surface area contributed by atoms with Crippen LogP contribution in [0.1, 0.15) is 16.3 Å². The number of halogens is 1. The Hall–Kier alpha value is -1.59. The number of thiazole rings is 1. The van der Waals surface area contributed by atoms with E-state index in [1.54, 1.807) is 18.2 Å². The monoisotopic (exact) mass is 398 g/mol. The zero-order valence-electron chi connectivity index (χ0n) is 10.8. The molecule has 0 atom stereocenters. The number of aromatic hydroxyl groups is 1. The Balaban J connectivity index is 2.48. The highest BCUT2D eigenvalue weighted by Gasteiger charge is 2.10. The number of hydrogen-bond acceptors (Lipinski definition) is 5. The number of aryl methyl sites for hydroxylation is 1. The van der Waals surface area contributed by atoms with Gasteiger partial charge in [-0.1, -0.05) is 0 Å². The summed E-state index contributed by atoms with van der Waals surface area (Å²) in [7, 11) is 1.49. The van der Waals surface area contributed by atoms with E-state index in [1.165, 1.54) is 18.4 Å². The highest BCUT2D eigenvalue weighted by atomic mass is 127. The van der Waals surface area contributed by atoms with Gasteiger partial charge in [0, 0.05) is 11.1 Å². The van der Waals surface area contributed by atoms with Gasteiger partial charge in [-0.15, -0.1) is 11.3 Å². The van der Waals surface area contributed by atoms with Crippen molar-refractivity contribution in [3.8, 4) is 17.6 Å². The molecule has 20 heavy (non-hydrogen) atoms. The summed E-state index contributed by atoms with van der Waals surface area (Å²) in [5.41, 5.74) is 2.17. The average molecular weight is 398 g/mol. The zero-order valence-corrected chi connectivity index (χ0v) is 13.8. The first-order valence-corrected chi connectivity index (χ1v) is 7.61. The fraction of sp³-hybridized carbons (Fsp3) is 0.143. The van der Waals surface area contributed by atoms with Crippen molar-refractivity contribution in [1.29, 1.82) is 5.26 Å². The van der Waals surface area contributed by atoms with E-state index < -0.39 is 0 Å². The van der Waals surface area contributed by atoms with Crippen LogP contribution in [-0.4, -0.2) is 17.2 Å². The van der Waals surface area contributed by atoms with Crippen molar-refractivity contribution in [1.82, 2.24) is 4.98 Å². The number of ether oxygens (including phenoxy) is 1. The summed E-state index contributed by atoms with van der Waals surface area (Å²) in [5, 5.41) is 21.7. The predicted molar refractivity (Wildman–Crippen MR) is 87.7 cm³/mol. The maximum atomic E-state index is 9.81. The molecular weight excluding hydrogens is 387 g/mol. The second kappa shape index (κ2) is 6.24. The summed E-state index contributed by atoms with van der Waals surface area (Å²) in [6.45, 7) is 1.89. The molecule has 102 valence electrons. The molecular formula is C14H11IN2O2S. The van der Waals surface area contributed by atoms with Crippen LogP contribution >= 0.6 is 33.9 Å². The summed E-state index contributed by atoms with van der Waals surface area (Å²) in [4.78, 5) is 4.31. The SMILES string of the molecule is COc1cc(/C=C(\C#N)c2nc(C)cs2)cc(I)c1O. The van der Waals surface area contributed by atoms with E-state index in [0.29, 0.717) is 19.9 Å². The summed E-state index contributed by atoms with van der Waals surface area (Å²) in [5.74, 6) is 0.490. The molecule has 2 aromatic rings. The van der Waals surface area contributed by atoms with Gasteiger partial charge in [0.1, 0.15) is 11.1 Å². The molecule has 1 aromatic heterocycles. The van der Waals surface area contributed by atoms with Crippen molar-refractivity contribution in [2.75, 3.05) is 7.11 Å². The Bertz CT molecular complexity index is 716. The standard InChI is InChI=1S/C14H11IN2O2S/c1-8-7-20-14(17-8)10(6-16)3-9-4-11(15)13(18)12(5-9)19-2/h3-5,7,18H,1-2H3/b10-3+. The van der Waals surface area contributed by atoms with Gasteiger partial charge in [-0.3, -0.25) is 0 Å². The van der Waals surface area contributed by atoms with Crippen molar-refractivity contribution >= 4 is 45.6 Å². The summed E-state index contributed by atoms with van der Waals surface area (Å²) in [6.07, 6.45) is 1.74. The van der Waals surface area contributed by atoms with Crippen molar-refractivity contribution in [2.24, 2.45) is 0 Å². The van der Waals surface area contributed by atoms with E-state index in [0.717, 1.165) is 11.3 Å². The van der Waals surface area contributed by atoms with Crippen LogP contribution in [0.4, 0.5) is 0 Å². The number of hydrogen-bond donors (Lipinski definition) is 1. The number of phenolic OH excluding ortho intramolecular Hbond substituents is 1. The second-order valence-electron chi connectivity index (χ2n) is 4.02. The van der Waals surface area contributed by atoms with Gasteiger partial charge >= 0.3 is 0 Å². The lowest BCUT2D eigenvalue weighted by Gasteiger charge is -2.06. The Kier molecular flexibility index (Phi) is 4.62. The Morgan fingerprint density at radius 3 is 2.85 bits per heavy atom. The molecule has 0 amide bonds. The number of phenols is 1. The maximum Gasteiger partial charge on any atom is 0.171 e. The Morgan fingerprint density at radius 2 is 2.30 bits per heavy atom. The fourth-order valence-corrected chi connectivity index (χ4v) is 3.01. The molecule has 2 rings (SSSR count). The van der Waals surface area contributed by atoms with Gasteiger partial charge in [-0.2, -0.15) is 5.26 Å². The average Bonchev–Trinajstić information content (AvgIpc) is 2.86. The van der Waals surface area contributed by atoms with Crippen LogP contribution in [0.3, 0.4) is 0 Å². The molecule has 6 heteroatoms. The van der Waals surface area contributed by atoms with Gasteiger partial charge in [-0.25, -0.2) is 4.98 Å². The number of methoxy groups -OCH3 is 1. The summed E-state index contributed by atoms with van der Waals surface area (Å²) >= 11 is 3.46. The first kappa shape index (κ1) is 14.8. The van der Waals surface area contributed by atoms with E-state index in [4.69, 9.17) is 4.74 Å². The van der Waals surface area contributed by atoms with Gasteiger partial charge in [-0.05, 0) is 53.3 Å². The third-order valence-corrected chi connectivity index (χ3v) is 4.37. The number of aromatic nitrogens is 1. The normalized spacial score (nSPS) is 11.2. The van der Waals surface area contributed by atoms with E-state index in [9.17, 15) is 10.4 Å². The largest absolute Gasteiger partial charge is 0.504 e. The molecule has 0 saturated heterocycles. The Labute approximate surface area is 134 Å². The molecule has 0 bridgehead atoms. The lowest BCUT2D eigenvalue weighted by atomic mass is 10.1. The summed E-state index contributed by atoms with van der Waals surface area (Å²) < 4.78 is 5.78. The minimum absolute atomic E-state index is 0.105. The highest BCUT2D eigenvalue weighted by molar-refractivity contribution is 14.1. The van der Waals surface area contributed by atoms with Gasteiger partial charge in [0.2, 0.25) is 0 Å². The molecule has 0 spiro atoms. The predicted octanol–water partition coefficient (Wildman–Crippen LogP) is 3.83. The van der Waals surface area contributed by atoms with Crippen LogP contribution in [-0.2, 0) is 0 Å². The number of nitrogens with zero attached hydrogens (tertiary/aromatic N) is 2. The van der Waals surface area contributed by atoms with E-state index in [2.05, 4.69) is 11.1 Å². The van der Waals surface area contributed by atoms with Crippen molar-refractivity contribution in [3.63, 3.8) is 0 Å². The van der Waals surface area contributed by atoms with Crippen LogP contribution in [0.5, 0.6) is 11.5 Å². The van der Waals surface area contributed by atoms with Crippen LogP contribution in [0, 0.1) is 21.8 Å². The van der Waals surface area contributed by atoms with Gasteiger partial charge in [0.05, 0.1) is 16.3 Å². The molecule has 4 nitrogen and oxygen atoms in total. The molecule has 1 heterocycles. The molecule has 0 radical (unpaired) electrons. The smallest absolute Gasteiger partial charge is 0.171 e. The maximum absolute atomic E-state index is 9.81. The molecule has 0 fully saturated rings. The number of benzene rings is 1. The first-order chi connectivity index (χ1) is 9.55. The molecule has 1 aromatic carbocycles. The second-order valence-corrected chi connectivity index (χ2v) is 6.04. The molecule has 0 aliphatic heterocycles. The van der Waals surface area contributed by atoms with Gasteiger partial charge < -0.3 is 9.84 Å². The van der Waals surface area contributed by atoms with Crippen molar-refractivity contribution < 1.29 is 9.84 Å². The fourth-order valence-electron chi connectivity index (χ4n) is 1.62. The first-order valence-electron chi connectivity index (χ1n) is 5.66. The van der Waals surface area contributed by atoms with E-state index in [-0.39, 0.29) is 5.75 Å². The molecule has 0 saturated carbocycles. The zero-order chi connectivity index (χ0) is 14.7. The van der Waals surface area contributed by atoms with E-state index in [1.807, 2.05) is 34.9 Å². The Morgan fingerprint density at radius 1 is 1.55 bits per heavy atom. The van der Waals surface area contributed by atoms with Gasteiger partial charge in [0.15, 0.2) is 11.5 Å². The van der Waals surface area contributed by atoms with Crippen molar-refractivity contribution in [2.45, 2.75) is 6.92 Å². The van der Waals surface area contributed by atoms with Crippen LogP contribution in [0.25, 0.3) is 11.6 Å². The number of nitriles is 1. The minimum atomic E-state index is 0.105. The van der Waals surface area contributed by atoms with Crippen LogP contribution in [0.2, 0.25) is 0 Å². The van der Waals surface area contributed by atoms with Gasteiger partial charge in [0.25, 0.3) is 0 Å². The molecule has 0 aliphatic rings. The topological polar surface area (TPSA) is 66.1 Å². The molecule has 0 unspecified atom stereocenters. The number of allylic oxidation sites excluding steroid dienone is 1.